The molecule has 0 spiro atoms. The van der Waals surface area contributed by atoms with Crippen LogP contribution in [0.4, 0.5) is 0 Å². The summed E-state index contributed by atoms with van der Waals surface area (Å²) in [4.78, 5) is 0. The van der Waals surface area contributed by atoms with Crippen molar-refractivity contribution >= 4 is 0 Å². The van der Waals surface area contributed by atoms with Gasteiger partial charge in [0, 0.05) is 12.6 Å². The van der Waals surface area contributed by atoms with E-state index in [1.807, 2.05) is 0 Å². The van der Waals surface area contributed by atoms with E-state index in [9.17, 15) is 0 Å². The molecule has 1 N–H and O–H groups in total. The molecule has 2 aliphatic carbocycles. The van der Waals surface area contributed by atoms with Crippen molar-refractivity contribution in [2.75, 3.05) is 6.54 Å². The first-order chi connectivity index (χ1) is 8.51. The van der Waals surface area contributed by atoms with Crippen molar-refractivity contribution in [3.05, 3.63) is 0 Å². The van der Waals surface area contributed by atoms with Gasteiger partial charge in [-0.05, 0) is 57.3 Å². The predicted octanol–water partition coefficient (Wildman–Crippen LogP) is 3.75. The monoisotopic (exact) mass is 253 g/mol. The smallest absolute Gasteiger partial charge is 0.0810 e. The molecule has 1 atom stereocenters. The van der Waals surface area contributed by atoms with Gasteiger partial charge < -0.3 is 10.1 Å². The normalized spacial score (nSPS) is 34.8. The summed E-state index contributed by atoms with van der Waals surface area (Å²) >= 11 is 0. The van der Waals surface area contributed by atoms with E-state index in [0.29, 0.717) is 12.0 Å². The number of nitrogens with one attached hydrogen (secondary N) is 1. The Morgan fingerprint density at radius 3 is 2.22 bits per heavy atom. The van der Waals surface area contributed by atoms with E-state index in [0.717, 1.165) is 18.5 Å². The molecule has 0 aromatic carbocycles. The molecule has 2 aliphatic rings. The SMILES string of the molecule is CC1CCC(CNC2CC2)(OC(C)C(C)C)CC1. The van der Waals surface area contributed by atoms with E-state index in [1.165, 1.54) is 38.5 Å². The molecule has 2 fully saturated rings. The molecule has 18 heavy (non-hydrogen) atoms. The van der Waals surface area contributed by atoms with E-state index >= 15 is 0 Å². The first kappa shape index (κ1) is 14.3. The minimum Gasteiger partial charge on any atom is -0.370 e. The molecule has 0 aromatic rings. The van der Waals surface area contributed by atoms with Gasteiger partial charge >= 0.3 is 0 Å². The van der Waals surface area contributed by atoms with Crippen molar-refractivity contribution in [3.8, 4) is 0 Å². The summed E-state index contributed by atoms with van der Waals surface area (Å²) in [6.07, 6.45) is 8.25. The van der Waals surface area contributed by atoms with Crippen LogP contribution in [0.25, 0.3) is 0 Å². The third kappa shape index (κ3) is 3.96. The lowest BCUT2D eigenvalue weighted by Crippen LogP contribution is -2.48. The van der Waals surface area contributed by atoms with Gasteiger partial charge in [-0.15, -0.1) is 0 Å². The standard InChI is InChI=1S/C16H31NO/c1-12(2)14(4)18-16(11-17-15-5-6-15)9-7-13(3)8-10-16/h12-15,17H,5-11H2,1-4H3. The second-order valence-electron chi connectivity index (χ2n) is 7.09. The number of ether oxygens (including phenoxy) is 1. The number of hydrogen-bond donors (Lipinski definition) is 1. The highest BCUT2D eigenvalue weighted by molar-refractivity contribution is 4.92. The zero-order valence-corrected chi connectivity index (χ0v) is 12.7. The first-order valence-corrected chi connectivity index (χ1v) is 7.92. The van der Waals surface area contributed by atoms with E-state index in [2.05, 4.69) is 33.0 Å². The molecule has 0 bridgehead atoms. The summed E-state index contributed by atoms with van der Waals surface area (Å²) in [7, 11) is 0. The van der Waals surface area contributed by atoms with E-state index in [4.69, 9.17) is 4.74 Å². The van der Waals surface area contributed by atoms with Crippen molar-refractivity contribution < 1.29 is 4.74 Å². The number of rotatable bonds is 6. The van der Waals surface area contributed by atoms with Crippen LogP contribution in [0.5, 0.6) is 0 Å². The molecule has 0 aromatic heterocycles. The third-order valence-electron chi connectivity index (χ3n) is 4.85. The second kappa shape index (κ2) is 5.92. The van der Waals surface area contributed by atoms with Gasteiger partial charge in [0.1, 0.15) is 0 Å². The van der Waals surface area contributed by atoms with Gasteiger partial charge in [0.2, 0.25) is 0 Å². The van der Waals surface area contributed by atoms with E-state index in [1.54, 1.807) is 0 Å². The molecule has 0 aliphatic heterocycles. The average molecular weight is 253 g/mol. The maximum absolute atomic E-state index is 6.50. The molecule has 2 saturated carbocycles. The van der Waals surface area contributed by atoms with Crippen molar-refractivity contribution in [1.29, 1.82) is 0 Å². The maximum atomic E-state index is 6.50. The lowest BCUT2D eigenvalue weighted by Gasteiger charge is -2.42. The van der Waals surface area contributed by atoms with E-state index in [-0.39, 0.29) is 5.60 Å². The van der Waals surface area contributed by atoms with Gasteiger partial charge in [-0.1, -0.05) is 20.8 Å². The van der Waals surface area contributed by atoms with Gasteiger partial charge in [0.05, 0.1) is 11.7 Å². The first-order valence-electron chi connectivity index (χ1n) is 7.92. The van der Waals surface area contributed by atoms with Crippen LogP contribution < -0.4 is 5.32 Å². The summed E-state index contributed by atoms with van der Waals surface area (Å²) in [6.45, 7) is 10.2. The molecular formula is C16H31NO. The summed E-state index contributed by atoms with van der Waals surface area (Å²) in [6, 6.07) is 0.791. The van der Waals surface area contributed by atoms with Crippen LogP contribution in [0.2, 0.25) is 0 Å². The van der Waals surface area contributed by atoms with Crippen molar-refractivity contribution in [2.45, 2.75) is 84.0 Å². The summed E-state index contributed by atoms with van der Waals surface area (Å²) in [5.74, 6) is 1.50. The highest BCUT2D eigenvalue weighted by Gasteiger charge is 2.38. The molecule has 2 heteroatoms. The third-order valence-corrected chi connectivity index (χ3v) is 4.85. The van der Waals surface area contributed by atoms with E-state index < -0.39 is 0 Å². The van der Waals surface area contributed by atoms with Crippen LogP contribution in [0.3, 0.4) is 0 Å². The molecule has 0 amide bonds. The van der Waals surface area contributed by atoms with Crippen LogP contribution in [0, 0.1) is 11.8 Å². The minimum absolute atomic E-state index is 0.124. The van der Waals surface area contributed by atoms with Crippen molar-refractivity contribution in [2.24, 2.45) is 11.8 Å². The topological polar surface area (TPSA) is 21.3 Å². The van der Waals surface area contributed by atoms with Crippen LogP contribution in [0.15, 0.2) is 0 Å². The average Bonchev–Trinajstić information content (AvgIpc) is 3.14. The Labute approximate surface area is 113 Å². The summed E-state index contributed by atoms with van der Waals surface area (Å²) < 4.78 is 6.50. The molecule has 0 radical (unpaired) electrons. The van der Waals surface area contributed by atoms with Gasteiger partial charge in [0.25, 0.3) is 0 Å². The highest BCUT2D eigenvalue weighted by Crippen LogP contribution is 2.36. The van der Waals surface area contributed by atoms with Crippen LogP contribution in [0.1, 0.15) is 66.2 Å². The Bertz CT molecular complexity index is 252. The second-order valence-corrected chi connectivity index (χ2v) is 7.09. The van der Waals surface area contributed by atoms with Crippen LogP contribution in [-0.4, -0.2) is 24.3 Å². The maximum Gasteiger partial charge on any atom is 0.0810 e. The lowest BCUT2D eigenvalue weighted by molar-refractivity contribution is -0.124. The summed E-state index contributed by atoms with van der Waals surface area (Å²) in [5, 5.41) is 3.70. The molecule has 0 heterocycles. The Hall–Kier alpha value is -0.0800. The minimum atomic E-state index is 0.124. The zero-order valence-electron chi connectivity index (χ0n) is 12.7. The van der Waals surface area contributed by atoms with Crippen molar-refractivity contribution in [1.82, 2.24) is 5.32 Å². The van der Waals surface area contributed by atoms with Crippen LogP contribution in [-0.2, 0) is 4.74 Å². The Balaban J connectivity index is 1.91. The quantitative estimate of drug-likeness (QED) is 0.778. The van der Waals surface area contributed by atoms with Gasteiger partial charge in [-0.2, -0.15) is 0 Å². The Morgan fingerprint density at radius 2 is 1.72 bits per heavy atom. The molecular weight excluding hydrogens is 222 g/mol. The fraction of sp³-hybridized carbons (Fsp3) is 1.00. The molecule has 2 rings (SSSR count). The Kier molecular flexibility index (Phi) is 4.71. The van der Waals surface area contributed by atoms with Gasteiger partial charge in [-0.25, -0.2) is 0 Å². The van der Waals surface area contributed by atoms with Crippen LogP contribution >= 0.6 is 0 Å². The fourth-order valence-corrected chi connectivity index (χ4v) is 2.77. The van der Waals surface area contributed by atoms with Crippen molar-refractivity contribution in [3.63, 3.8) is 0 Å². The lowest BCUT2D eigenvalue weighted by atomic mass is 9.79. The molecule has 0 saturated heterocycles. The molecule has 2 nitrogen and oxygen atoms in total. The highest BCUT2D eigenvalue weighted by atomic mass is 16.5. The predicted molar refractivity (Wildman–Crippen MR) is 76.8 cm³/mol. The van der Waals surface area contributed by atoms with Gasteiger partial charge in [0.15, 0.2) is 0 Å². The fourth-order valence-electron chi connectivity index (χ4n) is 2.77. The largest absolute Gasteiger partial charge is 0.370 e. The zero-order chi connectivity index (χ0) is 13.2. The Morgan fingerprint density at radius 1 is 1.11 bits per heavy atom. The molecule has 1 unspecified atom stereocenters. The molecule has 106 valence electrons. The number of hydrogen-bond acceptors (Lipinski definition) is 2. The summed E-state index contributed by atoms with van der Waals surface area (Å²) in [5.41, 5.74) is 0.124. The van der Waals surface area contributed by atoms with Gasteiger partial charge in [-0.3, -0.25) is 0 Å².